The second-order valence-electron chi connectivity index (χ2n) is 4.56. The Morgan fingerprint density at radius 1 is 1.30 bits per heavy atom. The van der Waals surface area contributed by atoms with E-state index in [-0.39, 0.29) is 5.75 Å². The summed E-state index contributed by atoms with van der Waals surface area (Å²) in [6, 6.07) is 7.16. The van der Waals surface area contributed by atoms with Crippen LogP contribution in [0.1, 0.15) is 11.1 Å². The third-order valence-corrected chi connectivity index (χ3v) is 4.07. The van der Waals surface area contributed by atoms with Gasteiger partial charge in [0.25, 0.3) is 0 Å². The van der Waals surface area contributed by atoms with Crippen LogP contribution in [0.2, 0.25) is 5.02 Å². The fourth-order valence-corrected chi connectivity index (χ4v) is 2.69. The van der Waals surface area contributed by atoms with E-state index in [1.807, 2.05) is 18.2 Å². The lowest BCUT2D eigenvalue weighted by Gasteiger charge is -1.95. The molecule has 7 heteroatoms. The fraction of sp³-hybridized carbons (Fsp3) is 0.0625. The molecule has 0 saturated carbocycles. The van der Waals surface area contributed by atoms with Crippen molar-refractivity contribution in [3.63, 3.8) is 0 Å². The summed E-state index contributed by atoms with van der Waals surface area (Å²) in [5.74, 6) is 5.10. The van der Waals surface area contributed by atoms with Gasteiger partial charge < -0.3 is 10.1 Å². The number of aromatic amines is 1. The van der Waals surface area contributed by atoms with Gasteiger partial charge in [0.1, 0.15) is 0 Å². The third-order valence-electron chi connectivity index (χ3n) is 2.90. The van der Waals surface area contributed by atoms with E-state index >= 15 is 0 Å². The lowest BCUT2D eigenvalue weighted by molar-refractivity contribution is -0.133. The number of benzene rings is 1. The van der Waals surface area contributed by atoms with Crippen molar-refractivity contribution in [2.45, 2.75) is 5.16 Å². The Labute approximate surface area is 141 Å². The molecule has 23 heavy (non-hydrogen) atoms. The summed E-state index contributed by atoms with van der Waals surface area (Å²) in [5.41, 5.74) is 2.96. The predicted molar refractivity (Wildman–Crippen MR) is 89.7 cm³/mol. The van der Waals surface area contributed by atoms with Crippen molar-refractivity contribution in [3.05, 3.63) is 52.8 Å². The van der Waals surface area contributed by atoms with Crippen molar-refractivity contribution in [2.75, 3.05) is 5.75 Å². The molecule has 0 unspecified atom stereocenters. The molecule has 0 radical (unpaired) electrons. The number of nitrogens with one attached hydrogen (secondary N) is 1. The van der Waals surface area contributed by atoms with Gasteiger partial charge in [0.2, 0.25) is 0 Å². The summed E-state index contributed by atoms with van der Waals surface area (Å²) in [6.45, 7) is 0. The van der Waals surface area contributed by atoms with Crippen LogP contribution >= 0.6 is 23.4 Å². The van der Waals surface area contributed by atoms with Crippen LogP contribution in [-0.4, -0.2) is 31.8 Å². The maximum absolute atomic E-state index is 10.6. The van der Waals surface area contributed by atoms with Gasteiger partial charge >= 0.3 is 5.97 Å². The summed E-state index contributed by atoms with van der Waals surface area (Å²) in [5, 5.41) is 9.75. The number of pyridine rings is 1. The highest BCUT2D eigenvalue weighted by atomic mass is 35.5. The molecule has 2 aromatic heterocycles. The first kappa shape index (κ1) is 15.4. The standard InChI is InChI=1S/C16H10ClN3O2S/c17-12-8-14-13(19-16(20-14)23-9-15(21)22)7-11(12)2-1-10-3-5-18-6-4-10/h3-8H,9H2,(H,19,20)(H,21,22). The molecule has 0 aliphatic rings. The smallest absolute Gasteiger partial charge is 0.313 e. The van der Waals surface area contributed by atoms with Crippen molar-refractivity contribution in [2.24, 2.45) is 0 Å². The lowest BCUT2D eigenvalue weighted by atomic mass is 10.2. The van der Waals surface area contributed by atoms with E-state index in [1.165, 1.54) is 0 Å². The molecule has 0 atom stereocenters. The molecule has 2 N–H and O–H groups in total. The number of nitrogens with zero attached hydrogens (tertiary/aromatic N) is 2. The van der Waals surface area contributed by atoms with Gasteiger partial charge in [-0.3, -0.25) is 9.78 Å². The van der Waals surface area contributed by atoms with Gasteiger partial charge in [0.15, 0.2) is 5.16 Å². The fourth-order valence-electron chi connectivity index (χ4n) is 1.88. The highest BCUT2D eigenvalue weighted by Gasteiger charge is 2.08. The van der Waals surface area contributed by atoms with Crippen LogP contribution in [0.25, 0.3) is 11.0 Å². The van der Waals surface area contributed by atoms with Crippen LogP contribution in [-0.2, 0) is 4.79 Å². The molecule has 5 nitrogen and oxygen atoms in total. The number of H-pyrrole nitrogens is 1. The van der Waals surface area contributed by atoms with Crippen LogP contribution < -0.4 is 0 Å². The zero-order chi connectivity index (χ0) is 16.2. The summed E-state index contributed by atoms with van der Waals surface area (Å²) < 4.78 is 0. The van der Waals surface area contributed by atoms with Crippen molar-refractivity contribution in [1.82, 2.24) is 15.0 Å². The summed E-state index contributed by atoms with van der Waals surface area (Å²) in [4.78, 5) is 21.9. The number of aliphatic carboxylic acids is 1. The molecule has 0 aliphatic heterocycles. The molecule has 0 amide bonds. The van der Waals surface area contributed by atoms with Crippen molar-refractivity contribution in [1.29, 1.82) is 0 Å². The summed E-state index contributed by atoms with van der Waals surface area (Å²) in [6.07, 6.45) is 3.35. The highest BCUT2D eigenvalue weighted by Crippen LogP contribution is 2.25. The van der Waals surface area contributed by atoms with Gasteiger partial charge in [-0.05, 0) is 24.3 Å². The Balaban J connectivity index is 1.91. The van der Waals surface area contributed by atoms with E-state index in [4.69, 9.17) is 16.7 Å². The number of hydrogen-bond donors (Lipinski definition) is 2. The number of carboxylic acid groups (broad SMARTS) is 1. The topological polar surface area (TPSA) is 78.9 Å². The summed E-state index contributed by atoms with van der Waals surface area (Å²) >= 11 is 7.36. The van der Waals surface area contributed by atoms with E-state index in [9.17, 15) is 4.79 Å². The van der Waals surface area contributed by atoms with Gasteiger partial charge in [-0.25, -0.2) is 4.98 Å². The zero-order valence-corrected chi connectivity index (χ0v) is 13.3. The first-order valence-electron chi connectivity index (χ1n) is 6.58. The van der Waals surface area contributed by atoms with Gasteiger partial charge in [-0.15, -0.1) is 0 Å². The van der Waals surface area contributed by atoms with E-state index in [0.29, 0.717) is 21.3 Å². The molecule has 3 aromatic rings. The van der Waals surface area contributed by atoms with Crippen LogP contribution in [0.4, 0.5) is 0 Å². The molecule has 0 saturated heterocycles. The minimum Gasteiger partial charge on any atom is -0.481 e. The van der Waals surface area contributed by atoms with Gasteiger partial charge in [0.05, 0.1) is 21.8 Å². The van der Waals surface area contributed by atoms with Crippen LogP contribution in [0, 0.1) is 11.8 Å². The Kier molecular flexibility index (Phi) is 4.51. The maximum atomic E-state index is 10.6. The van der Waals surface area contributed by atoms with Gasteiger partial charge in [-0.2, -0.15) is 0 Å². The summed E-state index contributed by atoms with van der Waals surface area (Å²) in [7, 11) is 0. The molecule has 0 bridgehead atoms. The highest BCUT2D eigenvalue weighted by molar-refractivity contribution is 7.99. The van der Waals surface area contributed by atoms with E-state index in [1.54, 1.807) is 18.5 Å². The number of hydrogen-bond acceptors (Lipinski definition) is 4. The molecule has 3 rings (SSSR count). The molecule has 0 aliphatic carbocycles. The molecule has 1 aromatic carbocycles. The molecule has 2 heterocycles. The van der Waals surface area contributed by atoms with E-state index in [0.717, 1.165) is 22.8 Å². The Morgan fingerprint density at radius 2 is 2.09 bits per heavy atom. The minimum atomic E-state index is -0.891. The average molecular weight is 344 g/mol. The largest absolute Gasteiger partial charge is 0.481 e. The van der Waals surface area contributed by atoms with Crippen molar-refractivity contribution < 1.29 is 9.90 Å². The predicted octanol–water partition coefficient (Wildman–Crippen LogP) is 3.19. The number of fused-ring (bicyclic) bond motifs is 1. The number of imidazole rings is 1. The van der Waals surface area contributed by atoms with Crippen molar-refractivity contribution >= 4 is 40.4 Å². The number of aromatic nitrogens is 3. The monoisotopic (exact) mass is 343 g/mol. The van der Waals surface area contributed by atoms with E-state index in [2.05, 4.69) is 26.8 Å². The maximum Gasteiger partial charge on any atom is 0.313 e. The SMILES string of the molecule is O=C(O)CSc1nc2cc(Cl)c(C#Cc3ccncc3)cc2[nH]1. The van der Waals surface area contributed by atoms with Crippen LogP contribution in [0.5, 0.6) is 0 Å². The Bertz CT molecular complexity index is 929. The molecule has 0 spiro atoms. The van der Waals surface area contributed by atoms with Crippen LogP contribution in [0.3, 0.4) is 0 Å². The Morgan fingerprint density at radius 3 is 2.83 bits per heavy atom. The van der Waals surface area contributed by atoms with Gasteiger partial charge in [-0.1, -0.05) is 35.2 Å². The molecular formula is C16H10ClN3O2S. The number of thioether (sulfide) groups is 1. The number of rotatable bonds is 3. The molecule has 114 valence electrons. The number of carbonyl (C=O) groups is 1. The second kappa shape index (κ2) is 6.73. The second-order valence-corrected chi connectivity index (χ2v) is 5.93. The Hall–Kier alpha value is -2.49. The number of halogens is 1. The van der Waals surface area contributed by atoms with Gasteiger partial charge in [0, 0.05) is 23.5 Å². The molecule has 0 fully saturated rings. The average Bonchev–Trinajstić information content (AvgIpc) is 2.93. The van der Waals surface area contributed by atoms with Crippen molar-refractivity contribution in [3.8, 4) is 11.8 Å². The van der Waals surface area contributed by atoms with E-state index < -0.39 is 5.97 Å². The minimum absolute atomic E-state index is 0.0533. The normalized spacial score (nSPS) is 10.3. The first-order valence-corrected chi connectivity index (χ1v) is 7.94. The quantitative estimate of drug-likeness (QED) is 0.564. The molecular weight excluding hydrogens is 334 g/mol. The third kappa shape index (κ3) is 3.83. The first-order chi connectivity index (χ1) is 11.1. The lowest BCUT2D eigenvalue weighted by Crippen LogP contribution is -1.97. The zero-order valence-electron chi connectivity index (χ0n) is 11.7. The number of carboxylic acids is 1. The van der Waals surface area contributed by atoms with Crippen LogP contribution in [0.15, 0.2) is 41.8 Å².